The molecule has 1 aliphatic rings. The number of unbranched alkanes of at least 4 members (excludes halogenated alkanes) is 14. The smallest absolute Gasteiger partial charge is 0.335 e. The van der Waals surface area contributed by atoms with Crippen LogP contribution in [0.1, 0.15) is 226 Å². The van der Waals surface area contributed by atoms with Crippen LogP contribution in [0.4, 0.5) is 0 Å². The van der Waals surface area contributed by atoms with Crippen molar-refractivity contribution < 1.29 is 58.2 Å². The van der Waals surface area contributed by atoms with Gasteiger partial charge >= 0.3 is 23.9 Å². The molecule has 1 saturated heterocycles. The number of carbonyl (C=O) groups is 4. The number of carboxylic acid groups (broad SMARTS) is 1. The molecule has 0 radical (unpaired) electrons. The van der Waals surface area contributed by atoms with Crippen LogP contribution in [0.15, 0.2) is 146 Å². The first kappa shape index (κ1) is 75.6. The summed E-state index contributed by atoms with van der Waals surface area (Å²) < 4.78 is 28.4. The van der Waals surface area contributed by atoms with Crippen LogP contribution in [0, 0.1) is 0 Å². The number of hydrogen-bond acceptors (Lipinski definition) is 11. The van der Waals surface area contributed by atoms with Gasteiger partial charge in [0.2, 0.25) is 0 Å². The fourth-order valence-corrected chi connectivity index (χ4v) is 8.59. The highest BCUT2D eigenvalue weighted by molar-refractivity contribution is 5.74. The second-order valence-corrected chi connectivity index (χ2v) is 20.9. The molecule has 0 aromatic heterocycles. The van der Waals surface area contributed by atoms with Crippen molar-refractivity contribution in [2.75, 3.05) is 13.2 Å². The van der Waals surface area contributed by atoms with Gasteiger partial charge in [-0.2, -0.15) is 0 Å². The standard InChI is InChI=1S/C71H110O12/c1-4-7-10-13-16-19-22-25-28-30-32-34-37-39-42-45-48-51-54-57-63(72)79-60-62(81-64(73)58-55-52-49-46-43-40-36-27-24-21-18-15-12-9-6-3)61-80-71-69(67(76)66(75)68(83-71)70(77)78)82-65(74)59-56-53-50-47-44-41-38-35-33-31-29-26-23-20-17-14-11-8-5-2/h8-9,11-12,16-21,25-29,33,35-36,41,43-44,46,50,53,62,66-69,71,75-76H,4-7,10,13-15,22-24,30-32,34,37-40,42,45,47-49,51-52,54-61H2,1-3H3,(H,77,78)/b11-8-,12-9-,19-16-,20-17-,21-18-,28-25-,29-26-,35-33-,36-27-,44-41-,46-43-,53-50-. The predicted molar refractivity (Wildman–Crippen MR) is 339 cm³/mol. The molecular formula is C71H110O12. The van der Waals surface area contributed by atoms with E-state index in [1.807, 2.05) is 18.2 Å². The maximum Gasteiger partial charge on any atom is 0.335 e. The van der Waals surface area contributed by atoms with Crippen molar-refractivity contribution >= 4 is 23.9 Å². The Hall–Kier alpha value is -5.40. The molecule has 1 fully saturated rings. The average molecular weight is 1160 g/mol. The fraction of sp³-hybridized carbons (Fsp3) is 0.606. The number of aliphatic hydroxyl groups is 2. The van der Waals surface area contributed by atoms with Gasteiger partial charge in [-0.15, -0.1) is 0 Å². The SMILES string of the molecule is CC/C=C\C/C=C\C/C=C\C/C=C\C/C=C\C/C=C\CCC(=O)OC1C(OCC(COC(=O)CCCCCCCCCCC/C=C\C/C=C\CCCCC)OC(=O)CCCC/C=C\C/C=C\C/C=C\C/C=C\CC)OC(C(=O)O)C(O)C1O. The van der Waals surface area contributed by atoms with Gasteiger partial charge in [-0.05, 0) is 128 Å². The molecule has 3 N–H and O–H groups in total. The van der Waals surface area contributed by atoms with Gasteiger partial charge in [-0.1, -0.05) is 224 Å². The molecule has 0 spiro atoms. The van der Waals surface area contributed by atoms with E-state index in [2.05, 4.69) is 148 Å². The highest BCUT2D eigenvalue weighted by atomic mass is 16.7. The molecule has 6 unspecified atom stereocenters. The lowest BCUT2D eigenvalue weighted by atomic mass is 9.98. The zero-order valence-electron chi connectivity index (χ0n) is 51.4. The van der Waals surface area contributed by atoms with Gasteiger partial charge in [0.25, 0.3) is 0 Å². The molecule has 6 atom stereocenters. The van der Waals surface area contributed by atoms with E-state index >= 15 is 0 Å². The quantitative estimate of drug-likeness (QED) is 0.0228. The van der Waals surface area contributed by atoms with Crippen LogP contribution < -0.4 is 0 Å². The molecule has 12 nitrogen and oxygen atoms in total. The summed E-state index contributed by atoms with van der Waals surface area (Å²) in [6.07, 6.45) is 69.6. The van der Waals surface area contributed by atoms with E-state index in [-0.39, 0.29) is 25.9 Å². The number of ether oxygens (including phenoxy) is 5. The monoisotopic (exact) mass is 1150 g/mol. The largest absolute Gasteiger partial charge is 0.479 e. The Balaban J connectivity index is 2.74. The van der Waals surface area contributed by atoms with Gasteiger partial charge < -0.3 is 39.0 Å². The van der Waals surface area contributed by atoms with Crippen molar-refractivity contribution in [1.29, 1.82) is 0 Å². The van der Waals surface area contributed by atoms with Crippen LogP contribution in [-0.4, -0.2) is 89.2 Å². The van der Waals surface area contributed by atoms with Crippen molar-refractivity contribution in [3.05, 3.63) is 146 Å². The predicted octanol–water partition coefficient (Wildman–Crippen LogP) is 17.1. The molecule has 1 rings (SSSR count). The maximum absolute atomic E-state index is 13.2. The van der Waals surface area contributed by atoms with E-state index in [1.54, 1.807) is 0 Å². The minimum atomic E-state index is -1.94. The number of allylic oxidation sites excluding steroid dienone is 24. The molecule has 83 heavy (non-hydrogen) atoms. The van der Waals surface area contributed by atoms with Crippen LogP contribution in [0.3, 0.4) is 0 Å². The van der Waals surface area contributed by atoms with Crippen molar-refractivity contribution in [1.82, 2.24) is 0 Å². The van der Waals surface area contributed by atoms with E-state index in [4.69, 9.17) is 23.7 Å². The highest BCUT2D eigenvalue weighted by Gasteiger charge is 2.50. The summed E-state index contributed by atoms with van der Waals surface area (Å²) >= 11 is 0. The van der Waals surface area contributed by atoms with Crippen LogP contribution in [0.2, 0.25) is 0 Å². The van der Waals surface area contributed by atoms with Crippen LogP contribution in [-0.2, 0) is 42.9 Å². The number of aliphatic hydroxyl groups excluding tert-OH is 2. The summed E-state index contributed by atoms with van der Waals surface area (Å²) in [5.41, 5.74) is 0. The Morgan fingerprint density at radius 2 is 0.783 bits per heavy atom. The topological polar surface area (TPSA) is 175 Å². The zero-order valence-corrected chi connectivity index (χ0v) is 51.4. The van der Waals surface area contributed by atoms with Crippen molar-refractivity contribution in [3.63, 3.8) is 0 Å². The first-order chi connectivity index (χ1) is 40.6. The lowest BCUT2D eigenvalue weighted by molar-refractivity contribution is -0.301. The number of hydrogen-bond donors (Lipinski definition) is 3. The van der Waals surface area contributed by atoms with E-state index < -0.39 is 67.3 Å². The van der Waals surface area contributed by atoms with Crippen molar-refractivity contribution in [2.24, 2.45) is 0 Å². The molecule has 0 aromatic carbocycles. The Bertz CT molecular complexity index is 2000. The Morgan fingerprint density at radius 3 is 1.23 bits per heavy atom. The Kier molecular flexibility index (Phi) is 52.0. The minimum absolute atomic E-state index is 0.0781. The van der Waals surface area contributed by atoms with Gasteiger partial charge in [0.05, 0.1) is 6.61 Å². The lowest BCUT2D eigenvalue weighted by Gasteiger charge is -2.40. The third-order valence-electron chi connectivity index (χ3n) is 13.4. The molecule has 0 saturated carbocycles. The second kappa shape index (κ2) is 57.1. The average Bonchev–Trinajstić information content (AvgIpc) is 3.60. The Morgan fingerprint density at radius 1 is 0.410 bits per heavy atom. The molecule has 1 heterocycles. The minimum Gasteiger partial charge on any atom is -0.479 e. The van der Waals surface area contributed by atoms with Gasteiger partial charge in [0, 0.05) is 19.3 Å². The van der Waals surface area contributed by atoms with Crippen molar-refractivity contribution in [3.8, 4) is 0 Å². The Labute approximate surface area is 502 Å². The highest BCUT2D eigenvalue weighted by Crippen LogP contribution is 2.26. The zero-order chi connectivity index (χ0) is 60.3. The fourth-order valence-electron chi connectivity index (χ4n) is 8.59. The van der Waals surface area contributed by atoms with Gasteiger partial charge in [0.1, 0.15) is 18.8 Å². The second-order valence-electron chi connectivity index (χ2n) is 20.9. The summed E-state index contributed by atoms with van der Waals surface area (Å²) in [5, 5.41) is 31.5. The molecule has 0 amide bonds. The van der Waals surface area contributed by atoms with Crippen molar-refractivity contribution in [2.45, 2.75) is 263 Å². The molecule has 1 aliphatic heterocycles. The number of carbonyl (C=O) groups excluding carboxylic acids is 3. The molecule has 466 valence electrons. The van der Waals surface area contributed by atoms with Gasteiger partial charge in [-0.3, -0.25) is 14.4 Å². The summed E-state index contributed by atoms with van der Waals surface area (Å²) in [7, 11) is 0. The van der Waals surface area contributed by atoms with E-state index in [0.29, 0.717) is 25.7 Å². The van der Waals surface area contributed by atoms with Gasteiger partial charge in [-0.25, -0.2) is 4.79 Å². The van der Waals surface area contributed by atoms with Crippen LogP contribution in [0.5, 0.6) is 0 Å². The summed E-state index contributed by atoms with van der Waals surface area (Å²) in [6.45, 7) is 5.67. The molecular weight excluding hydrogens is 1040 g/mol. The summed E-state index contributed by atoms with van der Waals surface area (Å²) in [5.74, 6) is -3.31. The first-order valence-corrected chi connectivity index (χ1v) is 31.8. The molecule has 0 aromatic rings. The summed E-state index contributed by atoms with van der Waals surface area (Å²) in [4.78, 5) is 51.3. The third-order valence-corrected chi connectivity index (χ3v) is 13.4. The number of rotatable bonds is 52. The number of aliphatic carboxylic acids is 1. The maximum atomic E-state index is 13.2. The molecule has 0 bridgehead atoms. The number of carboxylic acids is 1. The number of esters is 3. The van der Waals surface area contributed by atoms with E-state index in [9.17, 15) is 34.5 Å². The van der Waals surface area contributed by atoms with E-state index in [1.165, 1.54) is 57.8 Å². The third kappa shape index (κ3) is 46.6. The summed E-state index contributed by atoms with van der Waals surface area (Å²) in [6, 6.07) is 0. The van der Waals surface area contributed by atoms with E-state index in [0.717, 1.165) is 103 Å². The van der Waals surface area contributed by atoms with Crippen LogP contribution >= 0.6 is 0 Å². The lowest BCUT2D eigenvalue weighted by Crippen LogP contribution is -2.61. The first-order valence-electron chi connectivity index (χ1n) is 31.8. The molecule has 0 aliphatic carbocycles. The van der Waals surface area contributed by atoms with Crippen LogP contribution in [0.25, 0.3) is 0 Å². The molecule has 12 heteroatoms. The normalized spacial score (nSPS) is 18.6. The van der Waals surface area contributed by atoms with Gasteiger partial charge in [0.15, 0.2) is 24.6 Å².